The monoisotopic (exact) mass is 312 g/mol. The van der Waals surface area contributed by atoms with E-state index in [4.69, 9.17) is 4.74 Å². The molecule has 1 aromatic heterocycles. The van der Waals surface area contributed by atoms with Gasteiger partial charge < -0.3 is 9.72 Å². The average Bonchev–Trinajstić information content (AvgIpc) is 2.64. The third kappa shape index (κ3) is 2.48. The van der Waals surface area contributed by atoms with E-state index in [1.807, 2.05) is 18.2 Å². The molecule has 2 aromatic rings. The summed E-state index contributed by atoms with van der Waals surface area (Å²) in [6, 6.07) is 5.52. The summed E-state index contributed by atoms with van der Waals surface area (Å²) in [6.07, 6.45) is 0.183. The minimum Gasteiger partial charge on any atom is -0.466 e. The summed E-state index contributed by atoms with van der Waals surface area (Å²) in [7, 11) is 0. The van der Waals surface area contributed by atoms with Gasteiger partial charge in [0.1, 0.15) is 0 Å². The average molecular weight is 313 g/mol. The van der Waals surface area contributed by atoms with Gasteiger partial charge >= 0.3 is 11.7 Å². The highest BCUT2D eigenvalue weighted by Crippen LogP contribution is 2.21. The van der Waals surface area contributed by atoms with Crippen molar-refractivity contribution in [2.75, 3.05) is 6.61 Å². The zero-order valence-corrected chi connectivity index (χ0v) is 11.5. The summed E-state index contributed by atoms with van der Waals surface area (Å²) in [6.45, 7) is 2.41. The second-order valence-corrected chi connectivity index (χ2v) is 4.63. The minimum absolute atomic E-state index is 0.183. The van der Waals surface area contributed by atoms with Gasteiger partial charge in [-0.3, -0.25) is 9.36 Å². The van der Waals surface area contributed by atoms with Crippen molar-refractivity contribution >= 4 is 32.9 Å². The van der Waals surface area contributed by atoms with Crippen molar-refractivity contribution in [3.63, 3.8) is 0 Å². The zero-order chi connectivity index (χ0) is 13.1. The van der Waals surface area contributed by atoms with Crippen molar-refractivity contribution in [1.82, 2.24) is 9.55 Å². The van der Waals surface area contributed by atoms with E-state index in [1.165, 1.54) is 4.57 Å². The lowest BCUT2D eigenvalue weighted by Crippen LogP contribution is -2.19. The summed E-state index contributed by atoms with van der Waals surface area (Å²) in [5.41, 5.74) is 1.30. The maximum absolute atomic E-state index is 11.8. The second-order valence-electron chi connectivity index (χ2n) is 3.77. The molecule has 0 saturated heterocycles. The first kappa shape index (κ1) is 12.9. The fraction of sp³-hybridized carbons (Fsp3) is 0.333. The van der Waals surface area contributed by atoms with Gasteiger partial charge in [-0.15, -0.1) is 0 Å². The number of rotatable bonds is 4. The van der Waals surface area contributed by atoms with Gasteiger partial charge in [0, 0.05) is 11.0 Å². The molecular weight excluding hydrogens is 300 g/mol. The first-order valence-corrected chi connectivity index (χ1v) is 6.45. The first-order valence-electron chi connectivity index (χ1n) is 5.66. The number of aryl methyl sites for hydroxylation is 1. The standard InChI is InChI=1S/C12H13BrN2O3/c1-2-18-10(16)6-7-15-11-8(13)4-3-5-9(11)14-12(15)17/h3-5H,2,6-7H2,1H3,(H,14,17). The number of aromatic nitrogens is 2. The summed E-state index contributed by atoms with van der Waals surface area (Å²) in [5.74, 6) is -0.300. The Labute approximate surface area is 112 Å². The van der Waals surface area contributed by atoms with Crippen LogP contribution >= 0.6 is 15.9 Å². The molecule has 0 bridgehead atoms. The molecule has 0 aliphatic heterocycles. The van der Waals surface area contributed by atoms with Crippen LogP contribution in [0.3, 0.4) is 0 Å². The SMILES string of the molecule is CCOC(=O)CCn1c(=O)[nH]c2cccc(Br)c21. The molecule has 0 amide bonds. The van der Waals surface area contributed by atoms with Crippen LogP contribution < -0.4 is 5.69 Å². The smallest absolute Gasteiger partial charge is 0.326 e. The Hall–Kier alpha value is -1.56. The number of hydrogen-bond acceptors (Lipinski definition) is 3. The number of hydrogen-bond donors (Lipinski definition) is 1. The van der Waals surface area contributed by atoms with Gasteiger partial charge in [-0.05, 0) is 35.0 Å². The van der Waals surface area contributed by atoms with Crippen molar-refractivity contribution in [2.45, 2.75) is 19.9 Å². The molecule has 0 spiro atoms. The summed E-state index contributed by atoms with van der Waals surface area (Å²) < 4.78 is 7.21. The number of carbonyl (C=O) groups is 1. The third-order valence-corrected chi connectivity index (χ3v) is 3.23. The van der Waals surface area contributed by atoms with Crippen molar-refractivity contribution in [3.8, 4) is 0 Å². The fourth-order valence-electron chi connectivity index (χ4n) is 1.82. The number of H-pyrrole nitrogens is 1. The van der Waals surface area contributed by atoms with E-state index in [1.54, 1.807) is 6.92 Å². The predicted molar refractivity (Wildman–Crippen MR) is 71.5 cm³/mol. The van der Waals surface area contributed by atoms with Crippen LogP contribution in [0.2, 0.25) is 0 Å². The number of fused-ring (bicyclic) bond motifs is 1. The van der Waals surface area contributed by atoms with Gasteiger partial charge in [-0.2, -0.15) is 0 Å². The highest BCUT2D eigenvalue weighted by molar-refractivity contribution is 9.10. The molecule has 1 N–H and O–H groups in total. The molecule has 0 atom stereocenters. The highest BCUT2D eigenvalue weighted by Gasteiger charge is 2.11. The molecule has 18 heavy (non-hydrogen) atoms. The van der Waals surface area contributed by atoms with Gasteiger partial charge in [0.2, 0.25) is 0 Å². The zero-order valence-electron chi connectivity index (χ0n) is 9.90. The summed E-state index contributed by atoms with van der Waals surface area (Å²) in [5, 5.41) is 0. The maximum atomic E-state index is 11.8. The topological polar surface area (TPSA) is 64.1 Å². The molecule has 0 aliphatic rings. The molecule has 96 valence electrons. The number of ether oxygens (including phenoxy) is 1. The number of carbonyl (C=O) groups excluding carboxylic acids is 1. The Bertz CT molecular complexity index is 630. The number of halogens is 1. The van der Waals surface area contributed by atoms with E-state index in [0.717, 1.165) is 15.5 Å². The molecule has 1 aromatic carbocycles. The molecule has 0 aliphatic carbocycles. The van der Waals surface area contributed by atoms with Crippen molar-refractivity contribution < 1.29 is 9.53 Å². The van der Waals surface area contributed by atoms with Crippen LogP contribution in [0.1, 0.15) is 13.3 Å². The van der Waals surface area contributed by atoms with Crippen molar-refractivity contribution in [1.29, 1.82) is 0 Å². The van der Waals surface area contributed by atoms with Gasteiger partial charge in [-0.1, -0.05) is 6.07 Å². The van der Waals surface area contributed by atoms with Crippen molar-refractivity contribution in [3.05, 3.63) is 33.2 Å². The van der Waals surface area contributed by atoms with Gasteiger partial charge in [-0.25, -0.2) is 4.79 Å². The summed E-state index contributed by atoms with van der Waals surface area (Å²) >= 11 is 3.40. The van der Waals surface area contributed by atoms with Crippen LogP contribution in [-0.4, -0.2) is 22.1 Å². The van der Waals surface area contributed by atoms with E-state index in [2.05, 4.69) is 20.9 Å². The number of benzene rings is 1. The molecule has 2 rings (SSSR count). The second kappa shape index (κ2) is 5.39. The van der Waals surface area contributed by atoms with Crippen LogP contribution in [0.25, 0.3) is 11.0 Å². The van der Waals surface area contributed by atoms with E-state index < -0.39 is 0 Å². The Morgan fingerprint density at radius 1 is 1.50 bits per heavy atom. The predicted octanol–water partition coefficient (Wildman–Crippen LogP) is 2.05. The van der Waals surface area contributed by atoms with Gasteiger partial charge in [0.15, 0.2) is 0 Å². The Kier molecular flexibility index (Phi) is 3.86. The number of nitrogens with one attached hydrogen (secondary N) is 1. The Morgan fingerprint density at radius 2 is 2.28 bits per heavy atom. The van der Waals surface area contributed by atoms with E-state index in [-0.39, 0.29) is 18.1 Å². The Morgan fingerprint density at radius 3 is 3.00 bits per heavy atom. The van der Waals surface area contributed by atoms with Crippen LogP contribution in [0.4, 0.5) is 0 Å². The highest BCUT2D eigenvalue weighted by atomic mass is 79.9. The lowest BCUT2D eigenvalue weighted by Gasteiger charge is -2.04. The molecule has 0 radical (unpaired) electrons. The molecule has 0 saturated carbocycles. The van der Waals surface area contributed by atoms with Crippen LogP contribution in [0.15, 0.2) is 27.5 Å². The number of imidazole rings is 1. The minimum atomic E-state index is -0.300. The van der Waals surface area contributed by atoms with Gasteiger partial charge in [0.05, 0.1) is 24.1 Å². The third-order valence-electron chi connectivity index (χ3n) is 2.59. The van der Waals surface area contributed by atoms with Crippen LogP contribution in [0.5, 0.6) is 0 Å². The van der Waals surface area contributed by atoms with Gasteiger partial charge in [0.25, 0.3) is 0 Å². The molecule has 1 heterocycles. The maximum Gasteiger partial charge on any atom is 0.326 e. The molecule has 0 unspecified atom stereocenters. The number of aromatic amines is 1. The Balaban J connectivity index is 2.30. The molecule has 0 fully saturated rings. The van der Waals surface area contributed by atoms with Crippen LogP contribution in [0, 0.1) is 0 Å². The number of nitrogens with zero attached hydrogens (tertiary/aromatic N) is 1. The number of esters is 1. The molecule has 5 nitrogen and oxygen atoms in total. The quantitative estimate of drug-likeness (QED) is 0.879. The lowest BCUT2D eigenvalue weighted by atomic mass is 10.3. The fourth-order valence-corrected chi connectivity index (χ4v) is 2.40. The van der Waals surface area contributed by atoms with E-state index >= 15 is 0 Å². The van der Waals surface area contributed by atoms with Crippen molar-refractivity contribution in [2.24, 2.45) is 0 Å². The van der Waals surface area contributed by atoms with E-state index in [9.17, 15) is 9.59 Å². The molecule has 6 heteroatoms. The lowest BCUT2D eigenvalue weighted by molar-refractivity contribution is -0.143. The molecular formula is C12H13BrN2O3. The first-order chi connectivity index (χ1) is 8.63. The van der Waals surface area contributed by atoms with Crippen LogP contribution in [-0.2, 0) is 16.1 Å². The largest absolute Gasteiger partial charge is 0.466 e. The number of para-hydroxylation sites is 1. The summed E-state index contributed by atoms with van der Waals surface area (Å²) in [4.78, 5) is 25.9. The normalized spacial score (nSPS) is 10.8. The van der Waals surface area contributed by atoms with E-state index in [0.29, 0.717) is 13.2 Å².